The molecule has 0 fully saturated rings. The highest BCUT2D eigenvalue weighted by Gasteiger charge is 2.11. The minimum Gasteiger partial charge on any atom is -0.497 e. The van der Waals surface area contributed by atoms with Gasteiger partial charge in [-0.05, 0) is 43.3 Å². The molecule has 0 saturated heterocycles. The molecule has 24 heavy (non-hydrogen) atoms. The summed E-state index contributed by atoms with van der Waals surface area (Å²) in [6.07, 6.45) is 0. The number of nitrogens with zero attached hydrogens (tertiary/aromatic N) is 2. The fraction of sp³-hybridized carbons (Fsp3) is 0.167. The second kappa shape index (κ2) is 6.95. The zero-order valence-corrected chi connectivity index (χ0v) is 13.4. The summed E-state index contributed by atoms with van der Waals surface area (Å²) in [6.45, 7) is 2.17. The average molecular weight is 323 g/mol. The van der Waals surface area contributed by atoms with Gasteiger partial charge in [-0.1, -0.05) is 17.7 Å². The Morgan fingerprint density at radius 3 is 2.67 bits per heavy atom. The second-order valence-electron chi connectivity index (χ2n) is 5.28. The Kier molecular flexibility index (Phi) is 4.56. The highest BCUT2D eigenvalue weighted by molar-refractivity contribution is 5.94. The van der Waals surface area contributed by atoms with Crippen LogP contribution in [0.15, 0.2) is 52.9 Å². The predicted molar refractivity (Wildman–Crippen MR) is 88.6 cm³/mol. The first-order valence-corrected chi connectivity index (χ1v) is 7.47. The molecule has 2 aromatic carbocycles. The van der Waals surface area contributed by atoms with E-state index in [4.69, 9.17) is 9.15 Å². The van der Waals surface area contributed by atoms with Crippen molar-refractivity contribution in [3.63, 3.8) is 0 Å². The molecule has 6 nitrogen and oxygen atoms in total. The van der Waals surface area contributed by atoms with Crippen LogP contribution in [-0.2, 0) is 6.54 Å². The Morgan fingerprint density at radius 2 is 1.96 bits per heavy atom. The zero-order valence-electron chi connectivity index (χ0n) is 13.4. The van der Waals surface area contributed by atoms with Gasteiger partial charge in [0.1, 0.15) is 5.75 Å². The number of rotatable bonds is 5. The molecule has 0 aliphatic rings. The van der Waals surface area contributed by atoms with Crippen molar-refractivity contribution in [3.05, 3.63) is 65.5 Å². The van der Waals surface area contributed by atoms with Gasteiger partial charge >= 0.3 is 0 Å². The SMILES string of the molecule is COc1ccc(C(=O)NCc2nnc(-c3cccc(C)c3)o2)cc1. The van der Waals surface area contributed by atoms with Crippen LogP contribution < -0.4 is 10.1 Å². The van der Waals surface area contributed by atoms with Gasteiger partial charge in [0.25, 0.3) is 5.91 Å². The van der Waals surface area contributed by atoms with Crippen molar-refractivity contribution in [2.45, 2.75) is 13.5 Å². The molecule has 1 heterocycles. The number of methoxy groups -OCH3 is 1. The average Bonchev–Trinajstić information content (AvgIpc) is 3.09. The Bertz CT molecular complexity index is 841. The van der Waals surface area contributed by atoms with E-state index in [1.807, 2.05) is 31.2 Å². The lowest BCUT2D eigenvalue weighted by molar-refractivity contribution is 0.0947. The molecule has 0 unspecified atom stereocenters. The maximum absolute atomic E-state index is 12.1. The molecule has 1 aromatic heterocycles. The molecular weight excluding hydrogens is 306 g/mol. The van der Waals surface area contributed by atoms with Crippen LogP contribution in [0, 0.1) is 6.92 Å². The number of hydrogen-bond acceptors (Lipinski definition) is 5. The summed E-state index contributed by atoms with van der Waals surface area (Å²) in [5.41, 5.74) is 2.50. The molecular formula is C18H17N3O3. The molecule has 3 aromatic rings. The van der Waals surface area contributed by atoms with Crippen LogP contribution in [0.25, 0.3) is 11.5 Å². The quantitative estimate of drug-likeness (QED) is 0.781. The number of aromatic nitrogens is 2. The highest BCUT2D eigenvalue weighted by Crippen LogP contribution is 2.18. The third-order valence-corrected chi connectivity index (χ3v) is 3.48. The molecule has 0 bridgehead atoms. The minimum absolute atomic E-state index is 0.170. The normalized spacial score (nSPS) is 10.4. The molecule has 1 amide bonds. The Balaban J connectivity index is 1.63. The summed E-state index contributed by atoms with van der Waals surface area (Å²) in [6, 6.07) is 14.7. The number of carbonyl (C=O) groups excluding carboxylic acids is 1. The fourth-order valence-electron chi connectivity index (χ4n) is 2.22. The standard InChI is InChI=1S/C18H17N3O3/c1-12-4-3-5-14(10-12)18-21-20-16(24-18)11-19-17(22)13-6-8-15(23-2)9-7-13/h3-10H,11H2,1-2H3,(H,19,22). The van der Waals surface area contributed by atoms with E-state index in [-0.39, 0.29) is 12.5 Å². The summed E-state index contributed by atoms with van der Waals surface area (Å²) in [5, 5.41) is 10.7. The van der Waals surface area contributed by atoms with E-state index in [1.54, 1.807) is 31.4 Å². The number of nitrogens with one attached hydrogen (secondary N) is 1. The van der Waals surface area contributed by atoms with Crippen LogP contribution in [0.3, 0.4) is 0 Å². The molecule has 3 rings (SSSR count). The Hall–Kier alpha value is -3.15. The van der Waals surface area contributed by atoms with Gasteiger partial charge in [-0.2, -0.15) is 0 Å². The van der Waals surface area contributed by atoms with Crippen LogP contribution in [-0.4, -0.2) is 23.2 Å². The monoisotopic (exact) mass is 323 g/mol. The van der Waals surface area contributed by atoms with Crippen molar-refractivity contribution < 1.29 is 13.9 Å². The van der Waals surface area contributed by atoms with Gasteiger partial charge < -0.3 is 14.5 Å². The van der Waals surface area contributed by atoms with Gasteiger partial charge in [0.05, 0.1) is 13.7 Å². The first-order chi connectivity index (χ1) is 11.7. The second-order valence-corrected chi connectivity index (χ2v) is 5.28. The largest absolute Gasteiger partial charge is 0.497 e. The number of benzene rings is 2. The first-order valence-electron chi connectivity index (χ1n) is 7.47. The van der Waals surface area contributed by atoms with E-state index >= 15 is 0 Å². The molecule has 0 spiro atoms. The Morgan fingerprint density at radius 1 is 1.17 bits per heavy atom. The van der Waals surface area contributed by atoms with E-state index in [1.165, 1.54) is 0 Å². The summed E-state index contributed by atoms with van der Waals surface area (Å²) in [4.78, 5) is 12.1. The molecule has 0 radical (unpaired) electrons. The zero-order chi connectivity index (χ0) is 16.9. The van der Waals surface area contributed by atoms with Crippen molar-refractivity contribution in [1.29, 1.82) is 0 Å². The van der Waals surface area contributed by atoms with Crippen molar-refractivity contribution in [3.8, 4) is 17.2 Å². The van der Waals surface area contributed by atoms with Crippen LogP contribution in [0.2, 0.25) is 0 Å². The number of aryl methyl sites for hydroxylation is 1. The first kappa shape index (κ1) is 15.7. The number of ether oxygens (including phenoxy) is 1. The minimum atomic E-state index is -0.215. The lowest BCUT2D eigenvalue weighted by Crippen LogP contribution is -2.22. The van der Waals surface area contributed by atoms with E-state index < -0.39 is 0 Å². The molecule has 6 heteroatoms. The number of amides is 1. The topological polar surface area (TPSA) is 77.2 Å². The van der Waals surface area contributed by atoms with Gasteiger partial charge in [0, 0.05) is 11.1 Å². The van der Waals surface area contributed by atoms with Gasteiger partial charge in [-0.25, -0.2) is 0 Å². The van der Waals surface area contributed by atoms with Crippen molar-refractivity contribution in [1.82, 2.24) is 15.5 Å². The van der Waals surface area contributed by atoms with E-state index in [0.29, 0.717) is 23.1 Å². The van der Waals surface area contributed by atoms with Crippen LogP contribution in [0.1, 0.15) is 21.8 Å². The van der Waals surface area contributed by atoms with Gasteiger partial charge in [0.2, 0.25) is 11.8 Å². The van der Waals surface area contributed by atoms with Crippen molar-refractivity contribution in [2.75, 3.05) is 7.11 Å². The Labute approximate surface area is 139 Å². The van der Waals surface area contributed by atoms with Crippen LogP contribution in [0.5, 0.6) is 5.75 Å². The summed E-state index contributed by atoms with van der Waals surface area (Å²) < 4.78 is 10.7. The summed E-state index contributed by atoms with van der Waals surface area (Å²) in [5.74, 6) is 1.28. The molecule has 0 saturated carbocycles. The third-order valence-electron chi connectivity index (χ3n) is 3.48. The number of hydrogen-bond donors (Lipinski definition) is 1. The number of carbonyl (C=O) groups is 1. The van der Waals surface area contributed by atoms with Crippen LogP contribution in [0.4, 0.5) is 0 Å². The van der Waals surface area contributed by atoms with E-state index in [9.17, 15) is 4.79 Å². The maximum Gasteiger partial charge on any atom is 0.251 e. The molecule has 0 atom stereocenters. The van der Waals surface area contributed by atoms with Gasteiger partial charge in [-0.3, -0.25) is 4.79 Å². The smallest absolute Gasteiger partial charge is 0.251 e. The van der Waals surface area contributed by atoms with Crippen molar-refractivity contribution >= 4 is 5.91 Å². The van der Waals surface area contributed by atoms with E-state index in [0.717, 1.165) is 11.1 Å². The van der Waals surface area contributed by atoms with Crippen LogP contribution >= 0.6 is 0 Å². The summed E-state index contributed by atoms with van der Waals surface area (Å²) in [7, 11) is 1.58. The van der Waals surface area contributed by atoms with E-state index in [2.05, 4.69) is 15.5 Å². The summed E-state index contributed by atoms with van der Waals surface area (Å²) >= 11 is 0. The van der Waals surface area contributed by atoms with Crippen molar-refractivity contribution in [2.24, 2.45) is 0 Å². The maximum atomic E-state index is 12.1. The van der Waals surface area contributed by atoms with Gasteiger partial charge in [0.15, 0.2) is 0 Å². The highest BCUT2D eigenvalue weighted by atomic mass is 16.5. The van der Waals surface area contributed by atoms with Gasteiger partial charge in [-0.15, -0.1) is 10.2 Å². The molecule has 122 valence electrons. The fourth-order valence-corrected chi connectivity index (χ4v) is 2.22. The third kappa shape index (κ3) is 3.60. The molecule has 1 N–H and O–H groups in total. The lowest BCUT2D eigenvalue weighted by atomic mass is 10.1. The molecule has 0 aliphatic heterocycles. The molecule has 0 aliphatic carbocycles. The lowest BCUT2D eigenvalue weighted by Gasteiger charge is -2.04. The predicted octanol–water partition coefficient (Wildman–Crippen LogP) is 2.98.